The Morgan fingerprint density at radius 3 is 2.38 bits per heavy atom. The molecule has 1 atom stereocenters. The summed E-state index contributed by atoms with van der Waals surface area (Å²) in [5.41, 5.74) is 2.32. The number of sulfonamides is 1. The number of hydrogen-bond donors (Lipinski definition) is 1. The lowest BCUT2D eigenvalue weighted by Crippen LogP contribution is -2.47. The van der Waals surface area contributed by atoms with Gasteiger partial charge in [0.2, 0.25) is 16.8 Å². The van der Waals surface area contributed by atoms with Gasteiger partial charge in [0.15, 0.2) is 11.5 Å². The fourth-order valence-corrected chi connectivity index (χ4v) is 6.23. The van der Waals surface area contributed by atoms with E-state index in [-0.39, 0.29) is 18.2 Å². The molecule has 32 heavy (non-hydrogen) atoms. The van der Waals surface area contributed by atoms with Gasteiger partial charge in [-0.1, -0.05) is 19.9 Å². The average molecular weight is 464 g/mol. The largest absolute Gasteiger partial charge is 0.496 e. The summed E-state index contributed by atoms with van der Waals surface area (Å²) in [5.74, 6) is -0.00999. The van der Waals surface area contributed by atoms with Crippen LogP contribution in [0.1, 0.15) is 36.1 Å². The molecule has 2 aromatic rings. The van der Waals surface area contributed by atoms with E-state index in [2.05, 4.69) is 0 Å². The fraction of sp³-hybridized carbons (Fsp3) is 0.435. The normalized spacial score (nSPS) is 14.1. The summed E-state index contributed by atoms with van der Waals surface area (Å²) in [6.45, 7) is 8.53. The summed E-state index contributed by atoms with van der Waals surface area (Å²) in [7, 11) is -2.66. The van der Waals surface area contributed by atoms with E-state index in [1.54, 1.807) is 58.9 Å². The second-order valence-electron chi connectivity index (χ2n) is 8.24. The van der Waals surface area contributed by atoms with Gasteiger partial charge in [-0.15, -0.1) is 0 Å². The number of fused-ring (bicyclic) bond motifs is 1. The molecular formula is C23H29NO7S. The molecule has 0 saturated carbocycles. The van der Waals surface area contributed by atoms with E-state index in [9.17, 15) is 18.3 Å². The van der Waals surface area contributed by atoms with E-state index in [0.717, 1.165) is 4.31 Å². The number of carbonyl (C=O) groups is 1. The Hall–Kier alpha value is -2.78. The minimum atomic E-state index is -4.19. The highest BCUT2D eigenvalue weighted by atomic mass is 32.2. The van der Waals surface area contributed by atoms with Crippen LogP contribution in [0.25, 0.3) is 0 Å². The van der Waals surface area contributed by atoms with Gasteiger partial charge in [-0.25, -0.2) is 8.42 Å². The topological polar surface area (TPSA) is 102 Å². The zero-order valence-electron chi connectivity index (χ0n) is 19.1. The summed E-state index contributed by atoms with van der Waals surface area (Å²) in [4.78, 5) is 12.3. The summed E-state index contributed by atoms with van der Waals surface area (Å²) < 4.78 is 45.1. The van der Waals surface area contributed by atoms with Crippen LogP contribution in [0.4, 0.5) is 0 Å². The van der Waals surface area contributed by atoms with Gasteiger partial charge >= 0.3 is 5.97 Å². The Morgan fingerprint density at radius 1 is 1.12 bits per heavy atom. The number of aliphatic carboxylic acids is 1. The predicted molar refractivity (Wildman–Crippen MR) is 119 cm³/mol. The van der Waals surface area contributed by atoms with Crippen molar-refractivity contribution < 1.29 is 32.5 Å². The first-order valence-electron chi connectivity index (χ1n) is 10.3. The van der Waals surface area contributed by atoms with Crippen molar-refractivity contribution in [2.45, 2.75) is 52.1 Å². The second-order valence-corrected chi connectivity index (χ2v) is 10.1. The molecule has 1 aliphatic rings. The standard InChI is InChI=1S/C23H29NO7S/c1-13(2)21(23(25)26)24(11-17-7-8-18-20(10-17)31-12-30-18)32(27,28)22-14(3)9-19(29-6)15(4)16(22)5/h7-10,13,21H,11-12H2,1-6H3,(H,25,26). The molecule has 0 amide bonds. The first-order valence-corrected chi connectivity index (χ1v) is 11.7. The second kappa shape index (κ2) is 8.99. The van der Waals surface area contributed by atoms with Crippen LogP contribution < -0.4 is 14.2 Å². The van der Waals surface area contributed by atoms with Crippen LogP contribution >= 0.6 is 0 Å². The highest BCUT2D eigenvalue weighted by Gasteiger charge is 2.40. The van der Waals surface area contributed by atoms with E-state index < -0.39 is 28.0 Å². The molecule has 0 spiro atoms. The summed E-state index contributed by atoms with van der Waals surface area (Å²) in [5, 5.41) is 9.96. The van der Waals surface area contributed by atoms with E-state index in [1.807, 2.05) is 0 Å². The molecule has 0 fully saturated rings. The van der Waals surface area contributed by atoms with Gasteiger partial charge in [-0.3, -0.25) is 4.79 Å². The number of benzene rings is 2. The molecule has 0 radical (unpaired) electrons. The number of hydrogen-bond acceptors (Lipinski definition) is 6. The van der Waals surface area contributed by atoms with Crippen molar-refractivity contribution >= 4 is 16.0 Å². The van der Waals surface area contributed by atoms with Crippen molar-refractivity contribution in [1.82, 2.24) is 4.31 Å². The monoisotopic (exact) mass is 463 g/mol. The zero-order chi connectivity index (χ0) is 23.8. The molecule has 1 unspecified atom stereocenters. The fourth-order valence-electron chi connectivity index (χ4n) is 4.04. The molecule has 9 heteroatoms. The molecule has 174 valence electrons. The molecule has 0 aromatic heterocycles. The molecule has 2 aromatic carbocycles. The zero-order valence-corrected chi connectivity index (χ0v) is 19.9. The van der Waals surface area contributed by atoms with Crippen molar-refractivity contribution in [3.05, 3.63) is 46.5 Å². The summed E-state index contributed by atoms with van der Waals surface area (Å²) in [6.07, 6.45) is 0. The van der Waals surface area contributed by atoms with Gasteiger partial charge in [0.1, 0.15) is 11.8 Å². The lowest BCUT2D eigenvalue weighted by molar-refractivity contribution is -0.143. The van der Waals surface area contributed by atoms with Crippen LogP contribution in [0.15, 0.2) is 29.2 Å². The maximum absolute atomic E-state index is 14.0. The van der Waals surface area contributed by atoms with Crippen LogP contribution in [0.3, 0.4) is 0 Å². The molecule has 0 aliphatic carbocycles. The molecule has 0 saturated heterocycles. The number of ether oxygens (including phenoxy) is 3. The number of carboxylic acids is 1. The van der Waals surface area contributed by atoms with Gasteiger partial charge in [-0.2, -0.15) is 4.31 Å². The van der Waals surface area contributed by atoms with Crippen molar-refractivity contribution in [1.29, 1.82) is 0 Å². The smallest absolute Gasteiger partial charge is 0.322 e. The number of rotatable bonds is 8. The molecular weight excluding hydrogens is 434 g/mol. The van der Waals surface area contributed by atoms with E-state index >= 15 is 0 Å². The van der Waals surface area contributed by atoms with Gasteiger partial charge in [-0.05, 0) is 67.1 Å². The minimum Gasteiger partial charge on any atom is -0.496 e. The third kappa shape index (κ3) is 4.27. The molecule has 1 aliphatic heterocycles. The van der Waals surface area contributed by atoms with Crippen molar-refractivity contribution in [3.8, 4) is 17.2 Å². The highest BCUT2D eigenvalue weighted by Crippen LogP contribution is 2.36. The highest BCUT2D eigenvalue weighted by molar-refractivity contribution is 7.89. The quantitative estimate of drug-likeness (QED) is 0.637. The Labute approximate surface area is 188 Å². The first kappa shape index (κ1) is 23.9. The maximum atomic E-state index is 14.0. The van der Waals surface area contributed by atoms with E-state index in [1.165, 1.54) is 7.11 Å². The average Bonchev–Trinajstić information content (AvgIpc) is 3.17. The van der Waals surface area contributed by atoms with Gasteiger partial charge < -0.3 is 19.3 Å². The predicted octanol–water partition coefficient (Wildman–Crippen LogP) is 3.65. The maximum Gasteiger partial charge on any atom is 0.322 e. The van der Waals surface area contributed by atoms with Crippen LogP contribution in [0.5, 0.6) is 17.2 Å². The lowest BCUT2D eigenvalue weighted by atomic mass is 10.0. The lowest BCUT2D eigenvalue weighted by Gasteiger charge is -2.32. The SMILES string of the molecule is COc1cc(C)c(S(=O)(=O)N(Cc2ccc3c(c2)OCO3)C(C(=O)O)C(C)C)c(C)c1C. The molecule has 1 heterocycles. The Morgan fingerprint density at radius 2 is 1.78 bits per heavy atom. The van der Waals surface area contributed by atoms with E-state index in [4.69, 9.17) is 14.2 Å². The van der Waals surface area contributed by atoms with E-state index in [0.29, 0.717) is 39.5 Å². The van der Waals surface area contributed by atoms with Gasteiger partial charge in [0.25, 0.3) is 0 Å². The van der Waals surface area contributed by atoms with Crippen LogP contribution in [0, 0.1) is 26.7 Å². The van der Waals surface area contributed by atoms with Crippen molar-refractivity contribution in [2.75, 3.05) is 13.9 Å². The number of carboxylic acid groups (broad SMARTS) is 1. The first-order chi connectivity index (χ1) is 15.0. The molecule has 8 nitrogen and oxygen atoms in total. The van der Waals surface area contributed by atoms with Gasteiger partial charge in [0.05, 0.1) is 12.0 Å². The Bertz CT molecular complexity index is 1140. The number of aryl methyl sites for hydroxylation is 1. The third-order valence-corrected chi connectivity index (χ3v) is 7.85. The number of nitrogens with zero attached hydrogens (tertiary/aromatic N) is 1. The number of methoxy groups -OCH3 is 1. The van der Waals surface area contributed by atoms with Crippen molar-refractivity contribution in [2.24, 2.45) is 5.92 Å². The molecule has 1 N–H and O–H groups in total. The van der Waals surface area contributed by atoms with Crippen LogP contribution in [0.2, 0.25) is 0 Å². The molecule has 3 rings (SSSR count). The van der Waals surface area contributed by atoms with Gasteiger partial charge in [0, 0.05) is 6.54 Å². The van der Waals surface area contributed by atoms with Crippen molar-refractivity contribution in [3.63, 3.8) is 0 Å². The Balaban J connectivity index is 2.17. The summed E-state index contributed by atoms with van der Waals surface area (Å²) in [6, 6.07) is 5.50. The minimum absolute atomic E-state index is 0.0913. The molecule has 0 bridgehead atoms. The summed E-state index contributed by atoms with van der Waals surface area (Å²) >= 11 is 0. The van der Waals surface area contributed by atoms with Crippen LogP contribution in [-0.4, -0.2) is 43.7 Å². The third-order valence-electron chi connectivity index (χ3n) is 5.74. The van der Waals surface area contributed by atoms with Crippen LogP contribution in [-0.2, 0) is 21.4 Å². The Kier molecular flexibility index (Phi) is 6.71.